The van der Waals surface area contributed by atoms with E-state index in [1.807, 2.05) is 0 Å². The van der Waals surface area contributed by atoms with Crippen molar-refractivity contribution in [3.63, 3.8) is 0 Å². The zero-order valence-corrected chi connectivity index (χ0v) is 41.6. The van der Waals surface area contributed by atoms with Gasteiger partial charge in [-0.1, -0.05) is 242 Å². The molecule has 0 spiro atoms. The summed E-state index contributed by atoms with van der Waals surface area (Å²) < 4.78 is 16.8. The summed E-state index contributed by atoms with van der Waals surface area (Å²) in [5.41, 5.74) is 0. The molecule has 0 aliphatic rings. The SMILES string of the molecule is CC/C=C/C=C/C=C/CCCCCCCC(=O)OCC(COC(=O)CCCCCCCCCCCCCCCCCCC)OC(=O)CCCCCCCC/C=C/C=C/CCCCC. The van der Waals surface area contributed by atoms with Crippen LogP contribution in [0.25, 0.3) is 0 Å². The number of allylic oxidation sites excluding steroid dienone is 10. The van der Waals surface area contributed by atoms with Gasteiger partial charge in [0.25, 0.3) is 0 Å². The molecule has 0 bridgehead atoms. The summed E-state index contributed by atoms with van der Waals surface area (Å²) >= 11 is 0. The number of carbonyl (C=O) groups excluding carboxylic acids is 3. The van der Waals surface area contributed by atoms with E-state index in [0.29, 0.717) is 19.3 Å². The lowest BCUT2D eigenvalue weighted by atomic mass is 10.0. The van der Waals surface area contributed by atoms with Crippen molar-refractivity contribution in [3.8, 4) is 0 Å². The molecule has 0 saturated carbocycles. The maximum atomic E-state index is 12.8. The van der Waals surface area contributed by atoms with Crippen LogP contribution >= 0.6 is 0 Å². The molecule has 0 rings (SSSR count). The van der Waals surface area contributed by atoms with Crippen LogP contribution in [-0.4, -0.2) is 37.2 Å². The number of hydrogen-bond acceptors (Lipinski definition) is 6. The molecule has 6 nitrogen and oxygen atoms in total. The van der Waals surface area contributed by atoms with Gasteiger partial charge >= 0.3 is 17.9 Å². The summed E-state index contributed by atoms with van der Waals surface area (Å²) in [4.78, 5) is 38.0. The normalized spacial score (nSPS) is 12.5. The van der Waals surface area contributed by atoms with Gasteiger partial charge in [0.05, 0.1) is 0 Å². The lowest BCUT2D eigenvalue weighted by Gasteiger charge is -2.18. The second-order valence-corrected chi connectivity index (χ2v) is 17.9. The predicted octanol–water partition coefficient (Wildman–Crippen LogP) is 17.6. The fourth-order valence-electron chi connectivity index (χ4n) is 7.55. The zero-order chi connectivity index (χ0) is 45.8. The van der Waals surface area contributed by atoms with Gasteiger partial charge in [0.2, 0.25) is 0 Å². The molecule has 364 valence electrons. The molecule has 63 heavy (non-hydrogen) atoms. The molecular weight excluding hydrogens is 781 g/mol. The monoisotopic (exact) mass is 881 g/mol. The molecule has 0 amide bonds. The molecule has 0 aromatic carbocycles. The van der Waals surface area contributed by atoms with Gasteiger partial charge in [-0.2, -0.15) is 0 Å². The van der Waals surface area contributed by atoms with Crippen LogP contribution in [0.15, 0.2) is 60.8 Å². The molecule has 0 N–H and O–H groups in total. The van der Waals surface area contributed by atoms with E-state index in [1.165, 1.54) is 128 Å². The summed E-state index contributed by atoms with van der Waals surface area (Å²) in [7, 11) is 0. The van der Waals surface area contributed by atoms with Crippen molar-refractivity contribution >= 4 is 17.9 Å². The number of esters is 3. The summed E-state index contributed by atoms with van der Waals surface area (Å²) in [5.74, 6) is -0.909. The van der Waals surface area contributed by atoms with E-state index in [9.17, 15) is 14.4 Å². The third kappa shape index (κ3) is 50.0. The Morgan fingerprint density at radius 2 is 0.619 bits per heavy atom. The number of hydrogen-bond donors (Lipinski definition) is 0. The van der Waals surface area contributed by atoms with Crippen LogP contribution in [0.1, 0.15) is 265 Å². The first-order valence-electron chi connectivity index (χ1n) is 26.8. The molecule has 0 aliphatic heterocycles. The van der Waals surface area contributed by atoms with Crippen molar-refractivity contribution in [2.24, 2.45) is 0 Å². The first-order valence-corrected chi connectivity index (χ1v) is 26.8. The lowest BCUT2D eigenvalue weighted by Crippen LogP contribution is -2.30. The highest BCUT2D eigenvalue weighted by Gasteiger charge is 2.19. The third-order valence-electron chi connectivity index (χ3n) is 11.6. The van der Waals surface area contributed by atoms with E-state index >= 15 is 0 Å². The van der Waals surface area contributed by atoms with Crippen LogP contribution in [0, 0.1) is 0 Å². The lowest BCUT2D eigenvalue weighted by molar-refractivity contribution is -0.167. The Morgan fingerprint density at radius 3 is 1.00 bits per heavy atom. The van der Waals surface area contributed by atoms with Crippen LogP contribution in [0.3, 0.4) is 0 Å². The van der Waals surface area contributed by atoms with Gasteiger partial charge in [0.1, 0.15) is 13.2 Å². The molecule has 0 heterocycles. The van der Waals surface area contributed by atoms with E-state index in [1.54, 1.807) is 0 Å². The molecule has 0 aromatic rings. The summed E-state index contributed by atoms with van der Waals surface area (Å²) in [6.07, 6.45) is 63.5. The summed E-state index contributed by atoms with van der Waals surface area (Å²) in [5, 5.41) is 0. The molecule has 1 unspecified atom stereocenters. The average molecular weight is 881 g/mol. The van der Waals surface area contributed by atoms with E-state index in [2.05, 4.69) is 81.5 Å². The van der Waals surface area contributed by atoms with Gasteiger partial charge < -0.3 is 14.2 Å². The van der Waals surface area contributed by atoms with Gasteiger partial charge in [0, 0.05) is 19.3 Å². The largest absolute Gasteiger partial charge is 0.462 e. The van der Waals surface area contributed by atoms with Crippen molar-refractivity contribution in [1.29, 1.82) is 0 Å². The Hall–Kier alpha value is -2.89. The zero-order valence-electron chi connectivity index (χ0n) is 41.6. The Balaban J connectivity index is 4.39. The van der Waals surface area contributed by atoms with Crippen LogP contribution in [-0.2, 0) is 28.6 Å². The minimum absolute atomic E-state index is 0.0837. The van der Waals surface area contributed by atoms with Gasteiger partial charge in [0.15, 0.2) is 6.10 Å². The Labute approximate surface area is 390 Å². The van der Waals surface area contributed by atoms with Gasteiger partial charge in [-0.15, -0.1) is 0 Å². The first-order chi connectivity index (χ1) is 31.0. The highest BCUT2D eigenvalue weighted by molar-refractivity contribution is 5.71. The quantitative estimate of drug-likeness (QED) is 0.0262. The second kappa shape index (κ2) is 51.7. The number of ether oxygens (including phenoxy) is 3. The van der Waals surface area contributed by atoms with E-state index in [4.69, 9.17) is 14.2 Å². The molecule has 0 fully saturated rings. The fourth-order valence-corrected chi connectivity index (χ4v) is 7.55. The van der Waals surface area contributed by atoms with Crippen LogP contribution in [0.2, 0.25) is 0 Å². The third-order valence-corrected chi connectivity index (χ3v) is 11.6. The summed E-state index contributed by atoms with van der Waals surface area (Å²) in [6, 6.07) is 0. The Morgan fingerprint density at radius 1 is 0.333 bits per heavy atom. The van der Waals surface area contributed by atoms with E-state index < -0.39 is 6.10 Å². The van der Waals surface area contributed by atoms with Gasteiger partial charge in [-0.25, -0.2) is 0 Å². The molecule has 0 saturated heterocycles. The highest BCUT2D eigenvalue weighted by atomic mass is 16.6. The van der Waals surface area contributed by atoms with Crippen molar-refractivity contribution < 1.29 is 28.6 Å². The smallest absolute Gasteiger partial charge is 0.306 e. The molecule has 1 atom stereocenters. The van der Waals surface area contributed by atoms with Crippen molar-refractivity contribution in [2.45, 2.75) is 271 Å². The fraction of sp³-hybridized carbons (Fsp3) is 0.772. The average Bonchev–Trinajstić information content (AvgIpc) is 3.28. The van der Waals surface area contributed by atoms with Gasteiger partial charge in [-0.05, 0) is 64.2 Å². The molecule has 6 heteroatoms. The number of rotatable bonds is 48. The maximum Gasteiger partial charge on any atom is 0.306 e. The highest BCUT2D eigenvalue weighted by Crippen LogP contribution is 2.16. The summed E-state index contributed by atoms with van der Waals surface area (Å²) in [6.45, 7) is 6.47. The predicted molar refractivity (Wildman–Crippen MR) is 270 cm³/mol. The van der Waals surface area contributed by atoms with Crippen molar-refractivity contribution in [1.82, 2.24) is 0 Å². The molecular formula is C57H100O6. The second-order valence-electron chi connectivity index (χ2n) is 17.9. The number of carbonyl (C=O) groups is 3. The molecule has 0 aromatic heterocycles. The Bertz CT molecular complexity index is 1150. The van der Waals surface area contributed by atoms with Crippen LogP contribution in [0.4, 0.5) is 0 Å². The number of unbranched alkanes of at least 4 members (excludes halogenated alkanes) is 30. The first kappa shape index (κ1) is 60.1. The van der Waals surface area contributed by atoms with Crippen LogP contribution < -0.4 is 0 Å². The molecule has 0 radical (unpaired) electrons. The minimum Gasteiger partial charge on any atom is -0.462 e. The van der Waals surface area contributed by atoms with Crippen molar-refractivity contribution in [3.05, 3.63) is 60.8 Å². The van der Waals surface area contributed by atoms with Gasteiger partial charge in [-0.3, -0.25) is 14.4 Å². The topological polar surface area (TPSA) is 78.9 Å². The molecule has 0 aliphatic carbocycles. The van der Waals surface area contributed by atoms with E-state index in [0.717, 1.165) is 96.3 Å². The standard InChI is InChI=1S/C57H100O6/c1-4-7-10-13-16-19-22-25-27-28-30-32-35-38-41-44-47-50-56(59)62-53-54(52-61-55(58)49-46-43-40-37-34-31-24-21-18-15-12-9-6-3)63-57(60)51-48-45-42-39-36-33-29-26-23-20-17-14-11-8-5-2/h9,12,15,17-18,20-21,23-24,26,54H,4-8,10-11,13-14,16,19,22,25,27-53H2,1-3H3/b12-9+,18-15+,20-17+,24-21+,26-23+. The minimum atomic E-state index is -0.786. The Kier molecular flexibility index (Phi) is 49.4. The van der Waals surface area contributed by atoms with Crippen LogP contribution in [0.5, 0.6) is 0 Å². The van der Waals surface area contributed by atoms with E-state index in [-0.39, 0.29) is 31.1 Å². The maximum absolute atomic E-state index is 12.8. The van der Waals surface area contributed by atoms with Crippen molar-refractivity contribution in [2.75, 3.05) is 13.2 Å².